The first-order valence-electron chi connectivity index (χ1n) is 6.71. The fourth-order valence-electron chi connectivity index (χ4n) is 2.00. The third-order valence-corrected chi connectivity index (χ3v) is 3.45. The highest BCUT2D eigenvalue weighted by Crippen LogP contribution is 2.18. The maximum atomic E-state index is 13.4. The summed E-state index contributed by atoms with van der Waals surface area (Å²) in [5.74, 6) is -1.03. The van der Waals surface area contributed by atoms with Gasteiger partial charge in [-0.25, -0.2) is 8.78 Å². The number of benzene rings is 1. The highest BCUT2D eigenvalue weighted by molar-refractivity contribution is 6.20. The molecule has 0 bridgehead atoms. The van der Waals surface area contributed by atoms with Gasteiger partial charge in [0.2, 0.25) is 0 Å². The molecule has 0 heterocycles. The first-order chi connectivity index (χ1) is 8.63. The minimum atomic E-state index is -0.540. The van der Waals surface area contributed by atoms with E-state index in [0.29, 0.717) is 12.0 Å². The van der Waals surface area contributed by atoms with Gasteiger partial charge in [-0.1, -0.05) is 45.1 Å². The number of hydrogen-bond acceptors (Lipinski definition) is 0. The van der Waals surface area contributed by atoms with Crippen molar-refractivity contribution in [2.45, 2.75) is 57.2 Å². The van der Waals surface area contributed by atoms with E-state index in [1.54, 1.807) is 0 Å². The molecule has 0 radical (unpaired) electrons. The molecule has 0 aliphatic heterocycles. The number of alkyl halides is 1. The summed E-state index contributed by atoms with van der Waals surface area (Å²) in [5.41, 5.74) is 0.505. The lowest BCUT2D eigenvalue weighted by Crippen LogP contribution is -2.05. The molecule has 0 spiro atoms. The van der Waals surface area contributed by atoms with E-state index in [0.717, 1.165) is 18.9 Å². The molecule has 0 fully saturated rings. The van der Waals surface area contributed by atoms with Crippen LogP contribution in [0.5, 0.6) is 0 Å². The van der Waals surface area contributed by atoms with Gasteiger partial charge in [0, 0.05) is 11.4 Å². The Bertz CT molecular complexity index is 352. The van der Waals surface area contributed by atoms with Gasteiger partial charge in [0.15, 0.2) is 0 Å². The lowest BCUT2D eigenvalue weighted by Gasteiger charge is -2.10. The molecule has 1 unspecified atom stereocenters. The summed E-state index contributed by atoms with van der Waals surface area (Å²) in [6.07, 6.45) is 7.36. The Kier molecular flexibility index (Phi) is 7.26. The smallest absolute Gasteiger partial charge is 0.129 e. The standard InChI is InChI=1S/C15H21ClF2/c1-2-3-4-5-6-7-13(16)10-12-8-9-14(17)11-15(12)18/h8-9,11,13H,2-7,10H2,1H3. The molecule has 0 saturated heterocycles. The Morgan fingerprint density at radius 2 is 1.83 bits per heavy atom. The third kappa shape index (κ3) is 5.81. The van der Waals surface area contributed by atoms with Gasteiger partial charge in [-0.15, -0.1) is 11.6 Å². The SMILES string of the molecule is CCCCCCCC(Cl)Cc1ccc(F)cc1F. The van der Waals surface area contributed by atoms with Crippen molar-refractivity contribution in [3.05, 3.63) is 35.4 Å². The van der Waals surface area contributed by atoms with Crippen LogP contribution in [0.4, 0.5) is 8.78 Å². The number of unbranched alkanes of at least 4 members (excludes halogenated alkanes) is 4. The molecule has 0 aliphatic carbocycles. The molecule has 0 N–H and O–H groups in total. The summed E-state index contributed by atoms with van der Waals surface area (Å²) in [4.78, 5) is 0. The fourth-order valence-corrected chi connectivity index (χ4v) is 2.32. The Balaban J connectivity index is 2.28. The fraction of sp³-hybridized carbons (Fsp3) is 0.600. The average molecular weight is 275 g/mol. The second-order valence-electron chi connectivity index (χ2n) is 4.74. The first-order valence-corrected chi connectivity index (χ1v) is 7.15. The van der Waals surface area contributed by atoms with Crippen molar-refractivity contribution in [1.82, 2.24) is 0 Å². The average Bonchev–Trinajstić information content (AvgIpc) is 2.32. The lowest BCUT2D eigenvalue weighted by molar-refractivity contribution is 0.559. The van der Waals surface area contributed by atoms with Gasteiger partial charge in [0.1, 0.15) is 11.6 Å². The second-order valence-corrected chi connectivity index (χ2v) is 5.36. The van der Waals surface area contributed by atoms with Crippen molar-refractivity contribution in [2.75, 3.05) is 0 Å². The molecule has 0 aliphatic rings. The molecule has 0 aromatic heterocycles. The molecule has 0 amide bonds. The van der Waals surface area contributed by atoms with Crippen LogP contribution in [0.2, 0.25) is 0 Å². The summed E-state index contributed by atoms with van der Waals surface area (Å²) in [5, 5.41) is -0.0633. The normalized spacial score (nSPS) is 12.7. The molecule has 0 saturated carbocycles. The van der Waals surface area contributed by atoms with Gasteiger partial charge in [0.05, 0.1) is 0 Å². The Morgan fingerprint density at radius 3 is 2.50 bits per heavy atom. The maximum Gasteiger partial charge on any atom is 0.129 e. The van der Waals surface area contributed by atoms with Crippen molar-refractivity contribution in [1.29, 1.82) is 0 Å². The molecule has 102 valence electrons. The highest BCUT2D eigenvalue weighted by Gasteiger charge is 2.10. The van der Waals surface area contributed by atoms with Crippen LogP contribution >= 0.6 is 11.6 Å². The quantitative estimate of drug-likeness (QED) is 0.435. The van der Waals surface area contributed by atoms with E-state index in [1.165, 1.54) is 37.8 Å². The zero-order valence-electron chi connectivity index (χ0n) is 10.9. The first kappa shape index (κ1) is 15.4. The van der Waals surface area contributed by atoms with Crippen LogP contribution < -0.4 is 0 Å². The minimum Gasteiger partial charge on any atom is -0.207 e. The van der Waals surface area contributed by atoms with E-state index in [4.69, 9.17) is 11.6 Å². The zero-order valence-corrected chi connectivity index (χ0v) is 11.6. The van der Waals surface area contributed by atoms with Crippen LogP contribution in [-0.2, 0) is 6.42 Å². The van der Waals surface area contributed by atoms with Crippen molar-refractivity contribution in [3.63, 3.8) is 0 Å². The van der Waals surface area contributed by atoms with Gasteiger partial charge >= 0.3 is 0 Å². The largest absolute Gasteiger partial charge is 0.207 e. The summed E-state index contributed by atoms with van der Waals surface area (Å²) >= 11 is 6.18. The summed E-state index contributed by atoms with van der Waals surface area (Å²) in [6, 6.07) is 3.68. The van der Waals surface area contributed by atoms with Crippen molar-refractivity contribution in [3.8, 4) is 0 Å². The predicted molar refractivity (Wildman–Crippen MR) is 73.1 cm³/mol. The Labute approximate surface area is 113 Å². The van der Waals surface area contributed by atoms with Crippen LogP contribution in [-0.4, -0.2) is 5.38 Å². The van der Waals surface area contributed by atoms with E-state index >= 15 is 0 Å². The van der Waals surface area contributed by atoms with Crippen LogP contribution in [0, 0.1) is 11.6 Å². The van der Waals surface area contributed by atoms with Gasteiger partial charge in [0.25, 0.3) is 0 Å². The highest BCUT2D eigenvalue weighted by atomic mass is 35.5. The van der Waals surface area contributed by atoms with Crippen LogP contribution in [0.25, 0.3) is 0 Å². The zero-order chi connectivity index (χ0) is 13.4. The molecular formula is C15H21ClF2. The number of rotatable bonds is 8. The van der Waals surface area contributed by atoms with Crippen molar-refractivity contribution in [2.24, 2.45) is 0 Å². The van der Waals surface area contributed by atoms with Crippen LogP contribution in [0.15, 0.2) is 18.2 Å². The molecule has 1 aromatic rings. The van der Waals surface area contributed by atoms with E-state index in [-0.39, 0.29) is 5.38 Å². The van der Waals surface area contributed by atoms with Gasteiger partial charge in [-0.3, -0.25) is 0 Å². The molecule has 1 atom stereocenters. The maximum absolute atomic E-state index is 13.4. The summed E-state index contributed by atoms with van der Waals surface area (Å²) < 4.78 is 26.1. The van der Waals surface area contributed by atoms with Crippen LogP contribution in [0.3, 0.4) is 0 Å². The van der Waals surface area contributed by atoms with Crippen molar-refractivity contribution < 1.29 is 8.78 Å². The third-order valence-electron chi connectivity index (χ3n) is 3.08. The molecule has 3 heteroatoms. The lowest BCUT2D eigenvalue weighted by atomic mass is 10.0. The monoisotopic (exact) mass is 274 g/mol. The second kappa shape index (κ2) is 8.47. The Morgan fingerprint density at radius 1 is 1.11 bits per heavy atom. The van der Waals surface area contributed by atoms with Gasteiger partial charge in [-0.05, 0) is 24.5 Å². The molecule has 18 heavy (non-hydrogen) atoms. The molecular weight excluding hydrogens is 254 g/mol. The number of halogens is 3. The Hall–Kier alpha value is -0.630. The van der Waals surface area contributed by atoms with E-state index in [9.17, 15) is 8.78 Å². The van der Waals surface area contributed by atoms with Gasteiger partial charge < -0.3 is 0 Å². The molecule has 1 aromatic carbocycles. The summed E-state index contributed by atoms with van der Waals surface area (Å²) in [7, 11) is 0. The number of hydrogen-bond donors (Lipinski definition) is 0. The predicted octanol–water partition coefficient (Wildman–Crippen LogP) is 5.48. The van der Waals surface area contributed by atoms with E-state index in [2.05, 4.69) is 6.92 Å². The van der Waals surface area contributed by atoms with Crippen molar-refractivity contribution >= 4 is 11.6 Å². The molecule has 1 rings (SSSR count). The van der Waals surface area contributed by atoms with Gasteiger partial charge in [-0.2, -0.15) is 0 Å². The van der Waals surface area contributed by atoms with Crippen LogP contribution in [0.1, 0.15) is 51.0 Å². The van der Waals surface area contributed by atoms with E-state index < -0.39 is 11.6 Å². The minimum absolute atomic E-state index is 0.0633. The molecule has 0 nitrogen and oxygen atoms in total. The van der Waals surface area contributed by atoms with E-state index in [1.807, 2.05) is 0 Å². The topological polar surface area (TPSA) is 0 Å². The summed E-state index contributed by atoms with van der Waals surface area (Å²) in [6.45, 7) is 2.18.